The Morgan fingerprint density at radius 2 is 1.46 bits per heavy atom. The van der Waals surface area contributed by atoms with Gasteiger partial charge < -0.3 is 4.74 Å². The van der Waals surface area contributed by atoms with Crippen molar-refractivity contribution in [2.45, 2.75) is 49.7 Å². The van der Waals surface area contributed by atoms with Crippen LogP contribution in [0.1, 0.15) is 38.5 Å². The molecule has 0 unspecified atom stereocenters. The zero-order valence-electron chi connectivity index (χ0n) is 7.96. The van der Waals surface area contributed by atoms with Crippen molar-refractivity contribution in [1.82, 2.24) is 0 Å². The minimum Gasteiger partial charge on any atom is -0.360 e. The molecule has 0 aromatic heterocycles. The molecule has 0 aromatic carbocycles. The quantitative estimate of drug-likeness (QED) is 0.516. The third-order valence-corrected chi connectivity index (χ3v) is 4.93. The third kappa shape index (κ3) is 0.604. The molecule has 70 valence electrons. The highest BCUT2D eigenvalue weighted by Crippen LogP contribution is 2.65. The second kappa shape index (κ2) is 1.88. The van der Waals surface area contributed by atoms with Crippen LogP contribution in [-0.2, 0) is 4.74 Å². The molecule has 4 aliphatic rings. The summed E-state index contributed by atoms with van der Waals surface area (Å²) in [5.41, 5.74) is 0.455. The normalized spacial score (nSPS) is 61.5. The van der Waals surface area contributed by atoms with Crippen molar-refractivity contribution in [2.24, 2.45) is 11.8 Å². The van der Waals surface area contributed by atoms with Gasteiger partial charge in [0.25, 0.3) is 0 Å². The van der Waals surface area contributed by atoms with Crippen molar-refractivity contribution >= 4 is 0 Å². The largest absolute Gasteiger partial charge is 0.360 e. The van der Waals surface area contributed by atoms with E-state index >= 15 is 0 Å². The fourth-order valence-corrected chi connectivity index (χ4v) is 4.51. The first-order valence-corrected chi connectivity index (χ1v) is 5.75. The summed E-state index contributed by atoms with van der Waals surface area (Å²) in [6.07, 6.45) is 13.1. The fraction of sp³-hybridized carbons (Fsp3) is 0.833. The van der Waals surface area contributed by atoms with E-state index in [9.17, 15) is 0 Å². The molecule has 2 saturated carbocycles. The summed E-state index contributed by atoms with van der Waals surface area (Å²) < 4.78 is 6.38. The first-order valence-electron chi connectivity index (χ1n) is 5.75. The molecule has 0 radical (unpaired) electrons. The molecule has 2 aliphatic heterocycles. The fourth-order valence-electron chi connectivity index (χ4n) is 4.51. The van der Waals surface area contributed by atoms with Crippen LogP contribution >= 0.6 is 0 Å². The molecule has 0 aromatic rings. The summed E-state index contributed by atoms with van der Waals surface area (Å²) in [6.45, 7) is 0. The summed E-state index contributed by atoms with van der Waals surface area (Å²) in [4.78, 5) is 0. The topological polar surface area (TPSA) is 9.23 Å². The first kappa shape index (κ1) is 7.05. The van der Waals surface area contributed by atoms with Gasteiger partial charge in [-0.1, -0.05) is 12.2 Å². The second-order valence-corrected chi connectivity index (χ2v) is 5.34. The smallest absolute Gasteiger partial charge is 0.0907 e. The molecule has 3 fully saturated rings. The highest BCUT2D eigenvalue weighted by atomic mass is 16.5. The summed E-state index contributed by atoms with van der Waals surface area (Å²) >= 11 is 0. The molecule has 2 spiro atoms. The van der Waals surface area contributed by atoms with E-state index in [-0.39, 0.29) is 11.2 Å². The molecule has 0 amide bonds. The van der Waals surface area contributed by atoms with Crippen molar-refractivity contribution in [2.75, 3.05) is 0 Å². The molecule has 4 rings (SSSR count). The van der Waals surface area contributed by atoms with E-state index in [1.165, 1.54) is 38.5 Å². The maximum atomic E-state index is 6.38. The SMILES string of the molecule is C1=C[C@]23CCC[C@H]2[C@H]2CCC[C@]12O3. The Balaban J connectivity index is 1.89. The van der Waals surface area contributed by atoms with Crippen LogP contribution in [0.3, 0.4) is 0 Å². The van der Waals surface area contributed by atoms with E-state index in [4.69, 9.17) is 4.74 Å². The molecule has 0 N–H and O–H groups in total. The molecule has 13 heavy (non-hydrogen) atoms. The standard InChI is InChI=1S/C12H16O/c1-3-9-10-4-2-6-12(10)8-7-11(9,5-1)13-12/h7-10H,1-6H2/t9-,10+,11+,12-. The van der Waals surface area contributed by atoms with Gasteiger partial charge >= 0.3 is 0 Å². The van der Waals surface area contributed by atoms with Crippen LogP contribution in [0.5, 0.6) is 0 Å². The summed E-state index contributed by atoms with van der Waals surface area (Å²) in [7, 11) is 0. The van der Waals surface area contributed by atoms with Crippen molar-refractivity contribution in [3.8, 4) is 0 Å². The molecule has 1 saturated heterocycles. The Labute approximate surface area is 79.2 Å². The summed E-state index contributed by atoms with van der Waals surface area (Å²) in [6, 6.07) is 0. The predicted octanol–water partition coefficient (Wildman–Crippen LogP) is 2.66. The lowest BCUT2D eigenvalue weighted by Gasteiger charge is -2.26. The van der Waals surface area contributed by atoms with Gasteiger partial charge in [-0.3, -0.25) is 0 Å². The Morgan fingerprint density at radius 3 is 2.00 bits per heavy atom. The molecular weight excluding hydrogens is 160 g/mol. The minimum atomic E-state index is 0.227. The molecule has 2 bridgehead atoms. The van der Waals surface area contributed by atoms with Crippen LogP contribution in [-0.4, -0.2) is 11.2 Å². The van der Waals surface area contributed by atoms with E-state index in [0.717, 1.165) is 11.8 Å². The molecule has 1 heteroatoms. The Hall–Kier alpha value is -0.300. The minimum absolute atomic E-state index is 0.227. The van der Waals surface area contributed by atoms with Crippen LogP contribution in [0.25, 0.3) is 0 Å². The summed E-state index contributed by atoms with van der Waals surface area (Å²) in [5.74, 6) is 1.78. The van der Waals surface area contributed by atoms with Crippen molar-refractivity contribution in [1.29, 1.82) is 0 Å². The molecule has 2 heterocycles. The van der Waals surface area contributed by atoms with Gasteiger partial charge in [-0.15, -0.1) is 0 Å². The average molecular weight is 176 g/mol. The Kier molecular flexibility index (Phi) is 1.02. The number of ether oxygens (including phenoxy) is 1. The lowest BCUT2D eigenvalue weighted by Crippen LogP contribution is -2.30. The van der Waals surface area contributed by atoms with Gasteiger partial charge in [-0.25, -0.2) is 0 Å². The zero-order valence-corrected chi connectivity index (χ0v) is 7.96. The monoisotopic (exact) mass is 176 g/mol. The van der Waals surface area contributed by atoms with E-state index in [1.54, 1.807) is 0 Å². The van der Waals surface area contributed by atoms with Crippen LogP contribution in [0.4, 0.5) is 0 Å². The van der Waals surface area contributed by atoms with Gasteiger partial charge in [0.15, 0.2) is 0 Å². The van der Waals surface area contributed by atoms with Gasteiger partial charge in [-0.2, -0.15) is 0 Å². The summed E-state index contributed by atoms with van der Waals surface area (Å²) in [5, 5.41) is 0. The lowest BCUT2D eigenvalue weighted by atomic mass is 9.74. The van der Waals surface area contributed by atoms with E-state index in [1.807, 2.05) is 0 Å². The average Bonchev–Trinajstić information content (AvgIpc) is 2.76. The van der Waals surface area contributed by atoms with Gasteiger partial charge in [0.1, 0.15) is 0 Å². The zero-order chi connectivity index (χ0) is 8.52. The van der Waals surface area contributed by atoms with Crippen molar-refractivity contribution < 1.29 is 4.74 Å². The highest BCUT2D eigenvalue weighted by Gasteiger charge is 2.66. The van der Waals surface area contributed by atoms with Crippen LogP contribution in [0, 0.1) is 11.8 Å². The Bertz CT molecular complexity index is 267. The van der Waals surface area contributed by atoms with Crippen molar-refractivity contribution in [3.63, 3.8) is 0 Å². The molecular formula is C12H16O. The van der Waals surface area contributed by atoms with Gasteiger partial charge in [0, 0.05) is 0 Å². The van der Waals surface area contributed by atoms with Crippen LogP contribution in [0.2, 0.25) is 0 Å². The molecule has 1 nitrogen and oxygen atoms in total. The third-order valence-electron chi connectivity index (χ3n) is 4.93. The lowest BCUT2D eigenvalue weighted by molar-refractivity contribution is -0.0391. The maximum Gasteiger partial charge on any atom is 0.0907 e. The van der Waals surface area contributed by atoms with E-state index in [0.29, 0.717) is 0 Å². The first-order chi connectivity index (χ1) is 6.35. The number of hydrogen-bond donors (Lipinski definition) is 0. The van der Waals surface area contributed by atoms with Crippen molar-refractivity contribution in [3.05, 3.63) is 12.2 Å². The van der Waals surface area contributed by atoms with Gasteiger partial charge in [0.2, 0.25) is 0 Å². The second-order valence-electron chi connectivity index (χ2n) is 5.34. The van der Waals surface area contributed by atoms with Crippen LogP contribution < -0.4 is 0 Å². The van der Waals surface area contributed by atoms with Crippen LogP contribution in [0.15, 0.2) is 12.2 Å². The maximum absolute atomic E-state index is 6.38. The number of hydrogen-bond acceptors (Lipinski definition) is 1. The van der Waals surface area contributed by atoms with Gasteiger partial charge in [0.05, 0.1) is 11.2 Å². The highest BCUT2D eigenvalue weighted by molar-refractivity contribution is 5.32. The molecule has 2 aliphatic carbocycles. The van der Waals surface area contributed by atoms with Gasteiger partial charge in [-0.05, 0) is 50.4 Å². The number of rotatable bonds is 0. The number of fused-ring (bicyclic) bond motifs is 1. The predicted molar refractivity (Wildman–Crippen MR) is 50.4 cm³/mol. The molecule has 4 atom stereocenters. The van der Waals surface area contributed by atoms with E-state index < -0.39 is 0 Å². The van der Waals surface area contributed by atoms with E-state index in [2.05, 4.69) is 12.2 Å². The Morgan fingerprint density at radius 1 is 0.923 bits per heavy atom.